The number of carbonyl (C=O) groups excluding carboxylic acids is 5. The molecule has 36 heavy (non-hydrogen) atoms. The van der Waals surface area contributed by atoms with Crippen LogP contribution in [0.2, 0.25) is 0 Å². The quantitative estimate of drug-likeness (QED) is 0.195. The highest BCUT2D eigenvalue weighted by Crippen LogP contribution is 2.05. The fourth-order valence-electron chi connectivity index (χ4n) is 2.82. The number of nitrogens with two attached hydrogens (primary N) is 1. The first-order valence-electron chi connectivity index (χ1n) is 11.7. The molecule has 3 atom stereocenters. The molecule has 0 bridgehead atoms. The minimum Gasteiger partial charge on any atom is -0.388 e. The van der Waals surface area contributed by atoms with Crippen molar-refractivity contribution in [1.82, 2.24) is 21.3 Å². The number of alkyl halides is 1. The van der Waals surface area contributed by atoms with Crippen LogP contribution >= 0.6 is 0 Å². The number of amides is 5. The van der Waals surface area contributed by atoms with E-state index in [9.17, 15) is 33.5 Å². The Morgan fingerprint density at radius 3 is 2.06 bits per heavy atom. The van der Waals surface area contributed by atoms with Crippen molar-refractivity contribution >= 4 is 29.5 Å². The Balaban J connectivity index is 0.00000387. The summed E-state index contributed by atoms with van der Waals surface area (Å²) in [5.41, 5.74) is 5.79. The van der Waals surface area contributed by atoms with Gasteiger partial charge in [-0.25, -0.2) is 4.39 Å². The Hall–Kier alpha value is -3.54. The van der Waals surface area contributed by atoms with E-state index in [1.54, 1.807) is 30.3 Å². The fraction of sp³-hybridized carbons (Fsp3) is 0.542. The minimum atomic E-state index is -1.54. The number of carbonyl (C=O) groups is 5. The summed E-state index contributed by atoms with van der Waals surface area (Å²) >= 11 is 0. The number of primary amides is 1. The van der Waals surface area contributed by atoms with Crippen LogP contribution in [-0.2, 0) is 30.4 Å². The Morgan fingerprint density at radius 2 is 1.53 bits per heavy atom. The van der Waals surface area contributed by atoms with Crippen molar-refractivity contribution in [3.63, 3.8) is 0 Å². The van der Waals surface area contributed by atoms with E-state index in [0.29, 0.717) is 0 Å². The molecule has 5 amide bonds. The average molecular weight is 512 g/mol. The van der Waals surface area contributed by atoms with Gasteiger partial charge in [0.1, 0.15) is 18.8 Å². The van der Waals surface area contributed by atoms with Gasteiger partial charge in [-0.1, -0.05) is 50.6 Å². The lowest BCUT2D eigenvalue weighted by Crippen LogP contribution is -2.53. The average Bonchev–Trinajstić information content (AvgIpc) is 2.83. The zero-order valence-corrected chi connectivity index (χ0v) is 21.0. The molecule has 0 saturated carbocycles. The van der Waals surface area contributed by atoms with E-state index >= 15 is 0 Å². The lowest BCUT2D eigenvalue weighted by Gasteiger charge is -2.22. The summed E-state index contributed by atoms with van der Waals surface area (Å²) < 4.78 is 12.8. The zero-order chi connectivity index (χ0) is 27.5. The largest absolute Gasteiger partial charge is 0.388 e. The van der Waals surface area contributed by atoms with Crippen LogP contribution < -0.4 is 27.0 Å². The number of nitrogens with one attached hydrogen (secondary N) is 4. The summed E-state index contributed by atoms with van der Waals surface area (Å²) in [5.74, 6) is -3.07. The molecular weight excluding hydrogens is 473 g/mol. The van der Waals surface area contributed by atoms with Gasteiger partial charge in [0.15, 0.2) is 0 Å². The Bertz CT molecular complexity index is 840. The van der Waals surface area contributed by atoms with Crippen molar-refractivity contribution < 1.29 is 33.5 Å². The molecule has 11 nitrogen and oxygen atoms in total. The van der Waals surface area contributed by atoms with E-state index in [2.05, 4.69) is 35.1 Å². The molecule has 0 fully saturated rings. The first-order valence-corrected chi connectivity index (χ1v) is 11.7. The first-order chi connectivity index (χ1) is 17.0. The second-order valence-corrected chi connectivity index (χ2v) is 8.05. The molecule has 12 heteroatoms. The summed E-state index contributed by atoms with van der Waals surface area (Å²) in [6, 6.07) is 6.73. The van der Waals surface area contributed by atoms with Gasteiger partial charge in [-0.2, -0.15) is 0 Å². The molecule has 0 aliphatic carbocycles. The molecule has 0 radical (unpaired) electrons. The highest BCUT2D eigenvalue weighted by molar-refractivity contribution is 5.92. The van der Waals surface area contributed by atoms with E-state index in [1.165, 1.54) is 13.3 Å². The number of rotatable bonds is 14. The molecular formula is C24H38FN5O6. The van der Waals surface area contributed by atoms with Gasteiger partial charge in [-0.15, -0.1) is 0 Å². The van der Waals surface area contributed by atoms with Gasteiger partial charge >= 0.3 is 0 Å². The molecule has 0 saturated heterocycles. The van der Waals surface area contributed by atoms with E-state index in [4.69, 9.17) is 5.73 Å². The SMILES string of the molecule is CC(=O)NCC(=O)N[C@@H](Cc1ccccc1)C(=O)NCC(=O)NC(CCC(N)=O)C(O)CF.CCC. The van der Waals surface area contributed by atoms with Crippen molar-refractivity contribution in [3.8, 4) is 0 Å². The molecule has 1 rings (SSSR count). The van der Waals surface area contributed by atoms with Crippen molar-refractivity contribution in [1.29, 1.82) is 0 Å². The molecule has 1 aromatic rings. The number of halogens is 1. The van der Waals surface area contributed by atoms with Crippen molar-refractivity contribution in [2.24, 2.45) is 5.73 Å². The predicted octanol–water partition coefficient (Wildman–Crippen LogP) is -0.537. The van der Waals surface area contributed by atoms with Crippen LogP contribution in [0.4, 0.5) is 4.39 Å². The standard InChI is InChI=1S/C21H30FN5O6.C3H8/c1-13(28)24-11-19(31)27-16(9-14-5-3-2-4-6-14)21(33)25-12-20(32)26-15(17(29)10-22)7-8-18(23)30;1-3-2/h2-6,15-17,29H,7-12H2,1H3,(H2,23,30)(H,24,28)(H,25,33)(H,26,32)(H,27,31);3H2,1-2H3/t15?,16-,17?;/m0./s1. The van der Waals surface area contributed by atoms with Crippen LogP contribution in [0.15, 0.2) is 30.3 Å². The van der Waals surface area contributed by atoms with Crippen LogP contribution in [-0.4, -0.2) is 72.6 Å². The number of hydrogen-bond acceptors (Lipinski definition) is 6. The molecule has 202 valence electrons. The van der Waals surface area contributed by atoms with Crippen molar-refractivity contribution in [2.45, 2.75) is 64.6 Å². The molecule has 0 aliphatic heterocycles. The van der Waals surface area contributed by atoms with Crippen molar-refractivity contribution in [2.75, 3.05) is 19.8 Å². The monoisotopic (exact) mass is 511 g/mol. The van der Waals surface area contributed by atoms with Gasteiger partial charge in [0.25, 0.3) is 0 Å². The van der Waals surface area contributed by atoms with Gasteiger partial charge in [0.05, 0.1) is 19.1 Å². The molecule has 0 heterocycles. The zero-order valence-electron chi connectivity index (χ0n) is 21.0. The number of aliphatic hydroxyl groups is 1. The molecule has 1 aromatic carbocycles. The fourth-order valence-corrected chi connectivity index (χ4v) is 2.82. The third-order valence-corrected chi connectivity index (χ3v) is 4.53. The molecule has 0 spiro atoms. The van der Waals surface area contributed by atoms with E-state index in [0.717, 1.165) is 5.56 Å². The van der Waals surface area contributed by atoms with E-state index < -0.39 is 60.9 Å². The third kappa shape index (κ3) is 15.4. The Morgan fingerprint density at radius 1 is 0.972 bits per heavy atom. The van der Waals surface area contributed by atoms with Crippen LogP contribution in [0.3, 0.4) is 0 Å². The van der Waals surface area contributed by atoms with Gasteiger partial charge in [0, 0.05) is 19.8 Å². The third-order valence-electron chi connectivity index (χ3n) is 4.53. The number of hydrogen-bond donors (Lipinski definition) is 6. The maximum Gasteiger partial charge on any atom is 0.243 e. The normalized spacial score (nSPS) is 12.6. The highest BCUT2D eigenvalue weighted by atomic mass is 19.1. The summed E-state index contributed by atoms with van der Waals surface area (Å²) in [4.78, 5) is 58.9. The minimum absolute atomic E-state index is 0.0735. The summed E-state index contributed by atoms with van der Waals surface area (Å²) in [6.07, 6.45) is -0.408. The van der Waals surface area contributed by atoms with Crippen LogP contribution in [0, 0.1) is 0 Å². The van der Waals surface area contributed by atoms with Gasteiger partial charge in [0.2, 0.25) is 29.5 Å². The highest BCUT2D eigenvalue weighted by Gasteiger charge is 2.24. The smallest absolute Gasteiger partial charge is 0.243 e. The first kappa shape index (κ1) is 32.5. The van der Waals surface area contributed by atoms with Gasteiger partial charge in [-0.05, 0) is 12.0 Å². The summed E-state index contributed by atoms with van der Waals surface area (Å²) in [5, 5.41) is 19.3. The molecule has 0 aromatic heterocycles. The maximum atomic E-state index is 12.8. The summed E-state index contributed by atoms with van der Waals surface area (Å²) in [7, 11) is 0. The van der Waals surface area contributed by atoms with Gasteiger partial charge < -0.3 is 32.1 Å². The van der Waals surface area contributed by atoms with E-state index in [1.807, 2.05) is 0 Å². The Labute approximate surface area is 210 Å². The number of aliphatic hydroxyl groups excluding tert-OH is 1. The maximum absolute atomic E-state index is 12.8. The van der Waals surface area contributed by atoms with Crippen LogP contribution in [0.5, 0.6) is 0 Å². The second-order valence-electron chi connectivity index (χ2n) is 8.05. The van der Waals surface area contributed by atoms with Crippen molar-refractivity contribution in [3.05, 3.63) is 35.9 Å². The number of benzene rings is 1. The Kier molecular flexibility index (Phi) is 16.9. The van der Waals surface area contributed by atoms with E-state index in [-0.39, 0.29) is 25.8 Å². The summed E-state index contributed by atoms with van der Waals surface area (Å²) in [6.45, 7) is 3.51. The molecule has 7 N–H and O–H groups in total. The second kappa shape index (κ2) is 18.7. The van der Waals surface area contributed by atoms with Crippen LogP contribution in [0.1, 0.15) is 45.6 Å². The lowest BCUT2D eigenvalue weighted by atomic mass is 10.0. The van der Waals surface area contributed by atoms with Crippen LogP contribution in [0.25, 0.3) is 0 Å². The molecule has 0 aliphatic rings. The predicted molar refractivity (Wildman–Crippen MR) is 132 cm³/mol. The lowest BCUT2D eigenvalue weighted by molar-refractivity contribution is -0.131. The van der Waals surface area contributed by atoms with Gasteiger partial charge in [-0.3, -0.25) is 24.0 Å². The molecule has 2 unspecified atom stereocenters. The topological polar surface area (TPSA) is 180 Å².